The predicted octanol–water partition coefficient (Wildman–Crippen LogP) is 3.59. The van der Waals surface area contributed by atoms with E-state index in [0.717, 1.165) is 17.1 Å². The Labute approximate surface area is 155 Å². The van der Waals surface area contributed by atoms with Crippen LogP contribution in [0.15, 0.2) is 47.6 Å². The van der Waals surface area contributed by atoms with Crippen LogP contribution >= 0.6 is 11.8 Å². The number of nitrogens with zero attached hydrogens (tertiary/aromatic N) is 3. The Bertz CT molecular complexity index is 984. The van der Waals surface area contributed by atoms with Crippen LogP contribution < -0.4 is 9.47 Å². The Kier molecular flexibility index (Phi) is 4.38. The van der Waals surface area contributed by atoms with Gasteiger partial charge in [0.15, 0.2) is 22.4 Å². The van der Waals surface area contributed by atoms with Gasteiger partial charge in [0.1, 0.15) is 5.82 Å². The normalized spacial score (nSPS) is 12.4. The molecule has 3 aromatic rings. The van der Waals surface area contributed by atoms with Crippen molar-refractivity contribution in [2.75, 3.05) is 12.5 Å². The monoisotopic (exact) mass is 367 g/mol. The second-order valence-electron chi connectivity index (χ2n) is 5.98. The van der Waals surface area contributed by atoms with Crippen LogP contribution in [0.25, 0.3) is 5.69 Å². The van der Waals surface area contributed by atoms with E-state index in [2.05, 4.69) is 16.3 Å². The number of hydrogen-bond acceptors (Lipinski definition) is 6. The lowest BCUT2D eigenvalue weighted by Gasteiger charge is -2.09. The average molecular weight is 367 g/mol. The van der Waals surface area contributed by atoms with Gasteiger partial charge in [-0.25, -0.2) is 0 Å². The highest BCUT2D eigenvalue weighted by atomic mass is 32.2. The summed E-state index contributed by atoms with van der Waals surface area (Å²) < 4.78 is 12.6. The van der Waals surface area contributed by atoms with Gasteiger partial charge in [-0.2, -0.15) is 0 Å². The van der Waals surface area contributed by atoms with E-state index in [1.165, 1.54) is 11.8 Å². The maximum Gasteiger partial charge on any atom is 0.231 e. The van der Waals surface area contributed by atoms with Crippen molar-refractivity contribution in [2.24, 2.45) is 0 Å². The lowest BCUT2D eigenvalue weighted by molar-refractivity contribution is 0.102. The summed E-state index contributed by atoms with van der Waals surface area (Å²) in [5, 5.41) is 9.09. The van der Waals surface area contributed by atoms with Crippen LogP contribution in [0.4, 0.5) is 0 Å². The van der Waals surface area contributed by atoms with Crippen LogP contribution in [0.1, 0.15) is 21.7 Å². The maximum atomic E-state index is 12.6. The first kappa shape index (κ1) is 16.7. The van der Waals surface area contributed by atoms with Crippen molar-refractivity contribution in [2.45, 2.75) is 19.0 Å². The minimum absolute atomic E-state index is 0.00439. The zero-order valence-electron chi connectivity index (χ0n) is 14.4. The third kappa shape index (κ3) is 3.17. The molecule has 7 heteroatoms. The van der Waals surface area contributed by atoms with E-state index in [1.54, 1.807) is 18.2 Å². The molecule has 0 unspecified atom stereocenters. The molecular formula is C19H17N3O3S. The highest BCUT2D eigenvalue weighted by Gasteiger charge is 2.18. The summed E-state index contributed by atoms with van der Waals surface area (Å²) in [7, 11) is 0. The van der Waals surface area contributed by atoms with E-state index in [4.69, 9.17) is 9.47 Å². The number of Topliss-reactive ketones (excluding diaryl/α,β-unsaturated/α-hetero) is 1. The molecule has 0 bridgehead atoms. The highest BCUT2D eigenvalue weighted by molar-refractivity contribution is 7.99. The number of carbonyl (C=O) groups excluding carboxylic acids is 1. The van der Waals surface area contributed by atoms with Crippen molar-refractivity contribution >= 4 is 17.5 Å². The van der Waals surface area contributed by atoms with E-state index in [9.17, 15) is 4.79 Å². The van der Waals surface area contributed by atoms with Gasteiger partial charge in [-0.15, -0.1) is 10.2 Å². The predicted molar refractivity (Wildman–Crippen MR) is 98.5 cm³/mol. The van der Waals surface area contributed by atoms with E-state index in [1.807, 2.05) is 36.6 Å². The van der Waals surface area contributed by atoms with Gasteiger partial charge in [0.05, 0.1) is 5.75 Å². The second kappa shape index (κ2) is 6.84. The molecule has 1 aliphatic rings. The van der Waals surface area contributed by atoms with Crippen LogP contribution in [0, 0.1) is 13.8 Å². The summed E-state index contributed by atoms with van der Waals surface area (Å²) in [5.41, 5.74) is 2.74. The standard InChI is InChI=1S/C19H17N3O3S/c1-12-4-3-5-15(8-12)22-13(2)20-21-19(22)26-10-16(23)14-6-7-17-18(9-14)25-11-24-17/h3-9H,10-11H2,1-2H3. The molecule has 2 heterocycles. The third-order valence-corrected chi connectivity index (χ3v) is 5.01. The Morgan fingerprint density at radius 2 is 1.96 bits per heavy atom. The molecular weight excluding hydrogens is 350 g/mol. The first-order chi connectivity index (χ1) is 12.6. The molecule has 2 aromatic carbocycles. The topological polar surface area (TPSA) is 66.2 Å². The number of ether oxygens (including phenoxy) is 2. The van der Waals surface area contributed by atoms with Crippen molar-refractivity contribution < 1.29 is 14.3 Å². The number of aryl methyl sites for hydroxylation is 2. The number of rotatable bonds is 5. The molecule has 132 valence electrons. The van der Waals surface area contributed by atoms with Gasteiger partial charge in [0.2, 0.25) is 6.79 Å². The molecule has 6 nitrogen and oxygen atoms in total. The van der Waals surface area contributed by atoms with Gasteiger partial charge < -0.3 is 9.47 Å². The van der Waals surface area contributed by atoms with Crippen molar-refractivity contribution in [3.8, 4) is 17.2 Å². The summed E-state index contributed by atoms with van der Waals surface area (Å²) in [6, 6.07) is 13.4. The number of carbonyl (C=O) groups is 1. The first-order valence-corrected chi connectivity index (χ1v) is 9.15. The van der Waals surface area contributed by atoms with Crippen molar-refractivity contribution in [1.29, 1.82) is 0 Å². The minimum Gasteiger partial charge on any atom is -0.454 e. The molecule has 0 saturated heterocycles. The Hall–Kier alpha value is -2.80. The van der Waals surface area contributed by atoms with E-state index in [0.29, 0.717) is 22.2 Å². The van der Waals surface area contributed by atoms with Crippen LogP contribution in [0.2, 0.25) is 0 Å². The van der Waals surface area contributed by atoms with Gasteiger partial charge in [0.25, 0.3) is 0 Å². The number of ketones is 1. The average Bonchev–Trinajstić information content (AvgIpc) is 3.25. The van der Waals surface area contributed by atoms with Gasteiger partial charge in [-0.3, -0.25) is 9.36 Å². The largest absolute Gasteiger partial charge is 0.454 e. The number of hydrogen-bond donors (Lipinski definition) is 0. The van der Waals surface area contributed by atoms with E-state index >= 15 is 0 Å². The molecule has 26 heavy (non-hydrogen) atoms. The number of fused-ring (bicyclic) bond motifs is 1. The third-order valence-electron chi connectivity index (χ3n) is 4.08. The second-order valence-corrected chi connectivity index (χ2v) is 6.93. The molecule has 0 saturated carbocycles. The molecule has 4 rings (SSSR count). The fourth-order valence-corrected chi connectivity index (χ4v) is 3.68. The van der Waals surface area contributed by atoms with Gasteiger partial charge in [0, 0.05) is 11.3 Å². The maximum absolute atomic E-state index is 12.6. The highest BCUT2D eigenvalue weighted by Crippen LogP contribution is 2.33. The zero-order valence-corrected chi connectivity index (χ0v) is 15.2. The van der Waals surface area contributed by atoms with Crippen molar-refractivity contribution in [1.82, 2.24) is 14.8 Å². The molecule has 1 aliphatic heterocycles. The fraction of sp³-hybridized carbons (Fsp3) is 0.211. The summed E-state index contributed by atoms with van der Waals surface area (Å²) in [5.74, 6) is 2.34. The Morgan fingerprint density at radius 3 is 2.81 bits per heavy atom. The Balaban J connectivity index is 1.53. The number of benzene rings is 2. The molecule has 0 spiro atoms. The van der Waals surface area contributed by atoms with Crippen LogP contribution in [0.5, 0.6) is 11.5 Å². The first-order valence-electron chi connectivity index (χ1n) is 8.16. The molecule has 0 amide bonds. The molecule has 0 aliphatic carbocycles. The smallest absolute Gasteiger partial charge is 0.231 e. The van der Waals surface area contributed by atoms with Gasteiger partial charge in [-0.1, -0.05) is 23.9 Å². The molecule has 0 fully saturated rings. The van der Waals surface area contributed by atoms with Gasteiger partial charge >= 0.3 is 0 Å². The summed E-state index contributed by atoms with van der Waals surface area (Å²) in [6.07, 6.45) is 0. The number of aromatic nitrogens is 3. The molecule has 0 radical (unpaired) electrons. The lowest BCUT2D eigenvalue weighted by atomic mass is 10.1. The quantitative estimate of drug-likeness (QED) is 0.507. The van der Waals surface area contributed by atoms with Crippen molar-refractivity contribution in [3.05, 3.63) is 59.4 Å². The van der Waals surface area contributed by atoms with Crippen LogP contribution in [-0.2, 0) is 0 Å². The minimum atomic E-state index is 0.00439. The van der Waals surface area contributed by atoms with Crippen LogP contribution in [0.3, 0.4) is 0 Å². The van der Waals surface area contributed by atoms with Gasteiger partial charge in [-0.05, 0) is 49.7 Å². The van der Waals surface area contributed by atoms with E-state index < -0.39 is 0 Å². The lowest BCUT2D eigenvalue weighted by Crippen LogP contribution is -2.05. The zero-order chi connectivity index (χ0) is 18.1. The SMILES string of the molecule is Cc1cccc(-n2c(C)nnc2SCC(=O)c2ccc3c(c2)OCO3)c1. The fourth-order valence-electron chi connectivity index (χ4n) is 2.78. The Morgan fingerprint density at radius 1 is 1.12 bits per heavy atom. The molecule has 1 aromatic heterocycles. The summed E-state index contributed by atoms with van der Waals surface area (Å²) in [4.78, 5) is 12.6. The van der Waals surface area contributed by atoms with Crippen LogP contribution in [-0.4, -0.2) is 33.1 Å². The molecule has 0 N–H and O–H groups in total. The van der Waals surface area contributed by atoms with Crippen molar-refractivity contribution in [3.63, 3.8) is 0 Å². The summed E-state index contributed by atoms with van der Waals surface area (Å²) in [6.45, 7) is 4.14. The number of thioether (sulfide) groups is 1. The van der Waals surface area contributed by atoms with E-state index in [-0.39, 0.29) is 18.3 Å². The molecule has 0 atom stereocenters. The summed E-state index contributed by atoms with van der Waals surface area (Å²) >= 11 is 1.37.